The van der Waals surface area contributed by atoms with Crippen molar-refractivity contribution >= 4 is 35.7 Å². The SMILES string of the molecule is COC(=O)CNC(=O)C1CNC(=O)[C@H](C(C)C)NC(=O)C(C)(C)NC(=O)[C@@H](NC(=O)OC(C)(C)C)COC/C=C/CO1. The Labute approximate surface area is 246 Å². The van der Waals surface area contributed by atoms with Crippen molar-refractivity contribution in [3.05, 3.63) is 12.2 Å². The van der Waals surface area contributed by atoms with Gasteiger partial charge < -0.3 is 45.5 Å². The maximum atomic E-state index is 13.2. The largest absolute Gasteiger partial charge is 0.468 e. The number of carbonyl (C=O) groups excluding carboxylic acids is 6. The van der Waals surface area contributed by atoms with Gasteiger partial charge in [0.15, 0.2) is 6.10 Å². The van der Waals surface area contributed by atoms with Crippen molar-refractivity contribution in [3.8, 4) is 0 Å². The standard InChI is InChI=1S/C27H45N5O10/c1-16(2)20-23(36)28-13-18(22(35)29-14-19(33)39-8)41-12-10-9-11-40-15-17(30-25(38)42-26(3,4)5)21(34)32-27(6,7)24(37)31-20/h9-10,16-18,20H,11-15H2,1-8H3,(H,28,36)(H,29,35)(H,30,38)(H,31,37)(H,32,34)/b10-9+/t17-,18?,20-/m0/s1. The molecule has 1 rings (SSSR count). The van der Waals surface area contributed by atoms with Crippen molar-refractivity contribution in [3.63, 3.8) is 0 Å². The zero-order valence-electron chi connectivity index (χ0n) is 25.6. The van der Waals surface area contributed by atoms with Crippen LogP contribution in [0.3, 0.4) is 0 Å². The minimum Gasteiger partial charge on any atom is -0.468 e. The highest BCUT2D eigenvalue weighted by Crippen LogP contribution is 2.10. The van der Waals surface area contributed by atoms with Crippen LogP contribution in [-0.4, -0.2) is 105 Å². The third kappa shape index (κ3) is 13.3. The van der Waals surface area contributed by atoms with E-state index in [0.717, 1.165) is 0 Å². The molecule has 0 aromatic carbocycles. The van der Waals surface area contributed by atoms with Crippen LogP contribution in [0, 0.1) is 5.92 Å². The monoisotopic (exact) mass is 599 g/mol. The van der Waals surface area contributed by atoms with Crippen LogP contribution >= 0.6 is 0 Å². The van der Waals surface area contributed by atoms with Crippen molar-refractivity contribution in [1.82, 2.24) is 26.6 Å². The summed E-state index contributed by atoms with van der Waals surface area (Å²) < 4.78 is 20.9. The average molecular weight is 600 g/mol. The number of alkyl carbamates (subject to hydrolysis) is 1. The summed E-state index contributed by atoms with van der Waals surface area (Å²) in [6.07, 6.45) is 1.10. The van der Waals surface area contributed by atoms with Crippen LogP contribution in [0.1, 0.15) is 48.5 Å². The van der Waals surface area contributed by atoms with Crippen LogP contribution < -0.4 is 26.6 Å². The number of methoxy groups -OCH3 is 1. The van der Waals surface area contributed by atoms with Gasteiger partial charge in [0, 0.05) is 0 Å². The maximum Gasteiger partial charge on any atom is 0.408 e. The fourth-order valence-electron chi connectivity index (χ4n) is 3.38. The summed E-state index contributed by atoms with van der Waals surface area (Å²) in [4.78, 5) is 75.9. The molecule has 0 spiro atoms. The minimum absolute atomic E-state index is 0.0129. The Kier molecular flexibility index (Phi) is 14.4. The van der Waals surface area contributed by atoms with Crippen molar-refractivity contribution in [2.45, 2.75) is 77.8 Å². The number of ether oxygens (including phenoxy) is 4. The quantitative estimate of drug-likeness (QED) is 0.199. The lowest BCUT2D eigenvalue weighted by Gasteiger charge is -2.31. The minimum atomic E-state index is -1.51. The number of hydrogen-bond donors (Lipinski definition) is 5. The maximum absolute atomic E-state index is 13.2. The van der Waals surface area contributed by atoms with E-state index in [1.54, 1.807) is 46.8 Å². The Morgan fingerprint density at radius 1 is 1.10 bits per heavy atom. The molecule has 0 fully saturated rings. The van der Waals surface area contributed by atoms with Gasteiger partial charge in [-0.05, 0) is 40.5 Å². The summed E-state index contributed by atoms with van der Waals surface area (Å²) in [5.41, 5.74) is -2.33. The molecule has 0 bridgehead atoms. The molecular formula is C27H45N5O10. The van der Waals surface area contributed by atoms with Gasteiger partial charge >= 0.3 is 12.1 Å². The number of rotatable bonds is 5. The van der Waals surface area contributed by atoms with E-state index >= 15 is 0 Å². The summed E-state index contributed by atoms with van der Waals surface area (Å²) in [5.74, 6) is -3.68. The zero-order valence-corrected chi connectivity index (χ0v) is 25.6. The predicted octanol–water partition coefficient (Wildman–Crippen LogP) is -0.708. The van der Waals surface area contributed by atoms with Crippen LogP contribution in [0.15, 0.2) is 12.2 Å². The lowest BCUT2D eigenvalue weighted by atomic mass is 9.99. The van der Waals surface area contributed by atoms with Gasteiger partial charge in [0.2, 0.25) is 17.7 Å². The second kappa shape index (κ2) is 16.7. The zero-order chi connectivity index (χ0) is 32.1. The Morgan fingerprint density at radius 3 is 2.33 bits per heavy atom. The number of amides is 5. The fourth-order valence-corrected chi connectivity index (χ4v) is 3.38. The highest BCUT2D eigenvalue weighted by molar-refractivity contribution is 5.96. The normalized spacial score (nSPS) is 23.6. The molecule has 0 aromatic rings. The first-order chi connectivity index (χ1) is 19.5. The van der Waals surface area contributed by atoms with E-state index in [1.807, 2.05) is 0 Å². The Bertz CT molecular complexity index is 1010. The highest BCUT2D eigenvalue weighted by atomic mass is 16.6. The molecule has 0 aliphatic carbocycles. The van der Waals surface area contributed by atoms with E-state index in [1.165, 1.54) is 21.0 Å². The Hall–Kier alpha value is -3.72. The van der Waals surface area contributed by atoms with Gasteiger partial charge in [0.25, 0.3) is 5.91 Å². The second-order valence-corrected chi connectivity index (χ2v) is 11.4. The Morgan fingerprint density at radius 2 is 1.74 bits per heavy atom. The van der Waals surface area contributed by atoms with Crippen LogP contribution in [0.4, 0.5) is 4.79 Å². The van der Waals surface area contributed by atoms with Crippen molar-refractivity contribution < 1.29 is 47.7 Å². The Balaban J connectivity index is 3.22. The summed E-state index contributed by atoms with van der Waals surface area (Å²) in [6, 6.07) is -2.26. The molecular weight excluding hydrogens is 554 g/mol. The summed E-state index contributed by atoms with van der Waals surface area (Å²) >= 11 is 0. The number of hydrogen-bond acceptors (Lipinski definition) is 10. The van der Waals surface area contributed by atoms with E-state index < -0.39 is 71.6 Å². The van der Waals surface area contributed by atoms with Gasteiger partial charge in [-0.1, -0.05) is 26.0 Å². The first-order valence-electron chi connectivity index (χ1n) is 13.6. The van der Waals surface area contributed by atoms with Crippen LogP contribution in [0.5, 0.6) is 0 Å². The van der Waals surface area contributed by atoms with Crippen molar-refractivity contribution in [2.24, 2.45) is 5.92 Å². The molecule has 238 valence electrons. The van der Waals surface area contributed by atoms with Gasteiger partial charge in [0.1, 0.15) is 29.8 Å². The van der Waals surface area contributed by atoms with Crippen LogP contribution in [0.2, 0.25) is 0 Å². The molecule has 3 atom stereocenters. The van der Waals surface area contributed by atoms with Gasteiger partial charge in [-0.15, -0.1) is 0 Å². The molecule has 5 amide bonds. The number of carbonyl (C=O) groups is 6. The summed E-state index contributed by atoms with van der Waals surface area (Å²) in [5, 5.41) is 12.7. The highest BCUT2D eigenvalue weighted by Gasteiger charge is 2.36. The molecule has 15 heteroatoms. The summed E-state index contributed by atoms with van der Waals surface area (Å²) in [6.45, 7) is 10.4. The number of nitrogens with one attached hydrogen (secondary N) is 5. The first kappa shape index (κ1) is 36.3. The first-order valence-corrected chi connectivity index (χ1v) is 13.6. The lowest BCUT2D eigenvalue weighted by Crippen LogP contribution is -2.63. The van der Waals surface area contributed by atoms with E-state index in [-0.39, 0.29) is 32.3 Å². The van der Waals surface area contributed by atoms with Gasteiger partial charge in [-0.25, -0.2) is 4.79 Å². The van der Waals surface area contributed by atoms with Gasteiger partial charge in [-0.3, -0.25) is 24.0 Å². The summed E-state index contributed by atoms with van der Waals surface area (Å²) in [7, 11) is 1.18. The van der Waals surface area contributed by atoms with Crippen LogP contribution in [-0.2, 0) is 42.9 Å². The van der Waals surface area contributed by atoms with E-state index in [2.05, 4.69) is 31.3 Å². The molecule has 0 saturated heterocycles. The molecule has 15 nitrogen and oxygen atoms in total. The molecule has 42 heavy (non-hydrogen) atoms. The number of esters is 1. The lowest BCUT2D eigenvalue weighted by molar-refractivity contribution is -0.143. The topological polar surface area (TPSA) is 199 Å². The smallest absolute Gasteiger partial charge is 0.408 e. The third-order valence-corrected chi connectivity index (χ3v) is 5.69. The second-order valence-electron chi connectivity index (χ2n) is 11.4. The van der Waals surface area contributed by atoms with Crippen molar-refractivity contribution in [2.75, 3.05) is 40.0 Å². The van der Waals surface area contributed by atoms with Crippen molar-refractivity contribution in [1.29, 1.82) is 0 Å². The molecule has 1 heterocycles. The van der Waals surface area contributed by atoms with Gasteiger partial charge in [0.05, 0.1) is 33.5 Å². The predicted molar refractivity (Wildman–Crippen MR) is 150 cm³/mol. The molecule has 1 unspecified atom stereocenters. The molecule has 0 radical (unpaired) electrons. The molecule has 1 aliphatic rings. The molecule has 1 aliphatic heterocycles. The molecule has 0 aromatic heterocycles. The van der Waals surface area contributed by atoms with Crippen LogP contribution in [0.25, 0.3) is 0 Å². The molecule has 0 saturated carbocycles. The van der Waals surface area contributed by atoms with E-state index in [4.69, 9.17) is 14.2 Å². The van der Waals surface area contributed by atoms with E-state index in [0.29, 0.717) is 0 Å². The van der Waals surface area contributed by atoms with Gasteiger partial charge in [-0.2, -0.15) is 0 Å². The fraction of sp³-hybridized carbons (Fsp3) is 0.704. The molecule has 5 N–H and O–H groups in total. The third-order valence-electron chi connectivity index (χ3n) is 5.69. The van der Waals surface area contributed by atoms with E-state index in [9.17, 15) is 28.8 Å². The average Bonchev–Trinajstić information content (AvgIpc) is 2.87.